The molecule has 3 amide bonds. The highest BCUT2D eigenvalue weighted by molar-refractivity contribution is 8.14. The molecule has 1 aromatic heterocycles. The summed E-state index contributed by atoms with van der Waals surface area (Å²) in [5.41, 5.74) is -0.237. The molecule has 0 spiro atoms. The second-order valence-corrected chi connectivity index (χ2v) is 6.28. The lowest BCUT2D eigenvalue weighted by Crippen LogP contribution is -2.42. The number of likely N-dealkylation sites (tertiary alicyclic amines) is 1. The number of carbonyl (C=O) groups is 3. The second kappa shape index (κ2) is 5.60. The molecule has 0 aliphatic carbocycles. The number of aryl methyl sites for hydroxylation is 1. The number of hydrogen-bond donors (Lipinski definition) is 0. The van der Waals surface area contributed by atoms with E-state index in [1.165, 1.54) is 20.4 Å². The normalized spacial score (nSPS) is 21.8. The van der Waals surface area contributed by atoms with Crippen molar-refractivity contribution in [3.8, 4) is 0 Å². The fourth-order valence-electron chi connectivity index (χ4n) is 2.78. The standard InChI is InChI=1S/C14H15N3O4S/c1-15-5-2-3-10(12(15)19)13(20)16-6-4-9(7-16)17-11(18)8-22-14(17)21/h2-3,5,9H,4,6-8H2,1H3. The van der Waals surface area contributed by atoms with Crippen LogP contribution in [0.15, 0.2) is 23.1 Å². The smallest absolute Gasteiger partial charge is 0.289 e. The molecule has 2 aliphatic heterocycles. The van der Waals surface area contributed by atoms with Crippen LogP contribution < -0.4 is 5.56 Å². The number of hydrogen-bond acceptors (Lipinski definition) is 5. The molecule has 8 heteroatoms. The summed E-state index contributed by atoms with van der Waals surface area (Å²) in [5, 5.41) is -0.250. The quantitative estimate of drug-likeness (QED) is 0.782. The highest BCUT2D eigenvalue weighted by Crippen LogP contribution is 2.26. The van der Waals surface area contributed by atoms with Crippen LogP contribution in [0.5, 0.6) is 0 Å². The van der Waals surface area contributed by atoms with Gasteiger partial charge in [0.05, 0.1) is 11.8 Å². The van der Waals surface area contributed by atoms with E-state index in [1.807, 2.05) is 0 Å². The Morgan fingerprint density at radius 2 is 2.09 bits per heavy atom. The maximum atomic E-state index is 12.5. The number of aromatic nitrogens is 1. The molecule has 116 valence electrons. The van der Waals surface area contributed by atoms with Crippen molar-refractivity contribution in [2.45, 2.75) is 12.5 Å². The molecule has 0 saturated carbocycles. The largest absolute Gasteiger partial charge is 0.336 e. The van der Waals surface area contributed by atoms with Crippen LogP contribution in [0.3, 0.4) is 0 Å². The van der Waals surface area contributed by atoms with Crippen LogP contribution in [0, 0.1) is 0 Å². The average Bonchev–Trinajstić information content (AvgIpc) is 3.08. The van der Waals surface area contributed by atoms with Crippen LogP contribution in [0.2, 0.25) is 0 Å². The Labute approximate surface area is 130 Å². The van der Waals surface area contributed by atoms with Crippen molar-refractivity contribution in [2.75, 3.05) is 18.8 Å². The van der Waals surface area contributed by atoms with Gasteiger partial charge in [0.25, 0.3) is 16.7 Å². The first-order valence-corrected chi connectivity index (χ1v) is 7.91. The van der Waals surface area contributed by atoms with Crippen molar-refractivity contribution in [3.63, 3.8) is 0 Å². The van der Waals surface area contributed by atoms with E-state index in [1.54, 1.807) is 19.3 Å². The number of imide groups is 1. The number of pyridine rings is 1. The summed E-state index contributed by atoms with van der Waals surface area (Å²) in [6.07, 6.45) is 2.14. The number of carbonyl (C=O) groups excluding carboxylic acids is 3. The van der Waals surface area contributed by atoms with Gasteiger partial charge in [0, 0.05) is 26.3 Å². The molecule has 3 rings (SSSR count). The summed E-state index contributed by atoms with van der Waals surface area (Å²) < 4.78 is 1.35. The van der Waals surface area contributed by atoms with Gasteiger partial charge < -0.3 is 9.47 Å². The van der Waals surface area contributed by atoms with Crippen molar-refractivity contribution in [1.82, 2.24) is 14.4 Å². The van der Waals surface area contributed by atoms with Gasteiger partial charge in [-0.3, -0.25) is 24.1 Å². The molecule has 7 nitrogen and oxygen atoms in total. The second-order valence-electron chi connectivity index (χ2n) is 5.35. The van der Waals surface area contributed by atoms with E-state index >= 15 is 0 Å². The van der Waals surface area contributed by atoms with E-state index in [-0.39, 0.29) is 46.5 Å². The zero-order valence-corrected chi connectivity index (χ0v) is 12.8. The van der Waals surface area contributed by atoms with Crippen LogP contribution >= 0.6 is 11.8 Å². The number of thioether (sulfide) groups is 1. The van der Waals surface area contributed by atoms with E-state index in [0.717, 1.165) is 11.8 Å². The molecule has 1 aromatic rings. The average molecular weight is 321 g/mol. The Morgan fingerprint density at radius 1 is 1.32 bits per heavy atom. The lowest BCUT2D eigenvalue weighted by Gasteiger charge is -2.21. The molecule has 1 unspecified atom stereocenters. The first-order chi connectivity index (χ1) is 10.5. The van der Waals surface area contributed by atoms with Gasteiger partial charge in [-0.15, -0.1) is 0 Å². The highest BCUT2D eigenvalue weighted by atomic mass is 32.2. The minimum Gasteiger partial charge on any atom is -0.336 e. The molecular formula is C14H15N3O4S. The molecule has 3 heterocycles. The molecule has 1 atom stereocenters. The molecule has 22 heavy (non-hydrogen) atoms. The number of amides is 3. The van der Waals surface area contributed by atoms with Crippen molar-refractivity contribution in [2.24, 2.45) is 7.05 Å². The lowest BCUT2D eigenvalue weighted by molar-refractivity contribution is -0.126. The molecule has 0 aromatic carbocycles. The van der Waals surface area contributed by atoms with Crippen molar-refractivity contribution in [3.05, 3.63) is 34.2 Å². The Balaban J connectivity index is 1.76. The third-order valence-electron chi connectivity index (χ3n) is 3.95. The van der Waals surface area contributed by atoms with E-state index in [9.17, 15) is 19.2 Å². The number of nitrogens with zero attached hydrogens (tertiary/aromatic N) is 3. The van der Waals surface area contributed by atoms with Gasteiger partial charge >= 0.3 is 0 Å². The van der Waals surface area contributed by atoms with Crippen molar-refractivity contribution in [1.29, 1.82) is 0 Å². The van der Waals surface area contributed by atoms with Crippen LogP contribution in [0.25, 0.3) is 0 Å². The maximum Gasteiger partial charge on any atom is 0.289 e. The Bertz CT molecular complexity index is 698. The fourth-order valence-corrected chi connectivity index (χ4v) is 3.56. The summed E-state index contributed by atoms with van der Waals surface area (Å²) in [6.45, 7) is 0.720. The Kier molecular flexibility index (Phi) is 3.78. The van der Waals surface area contributed by atoms with Crippen LogP contribution in [-0.4, -0.2) is 56.3 Å². The van der Waals surface area contributed by atoms with E-state index < -0.39 is 0 Å². The summed E-state index contributed by atoms with van der Waals surface area (Å²) in [7, 11) is 1.59. The van der Waals surface area contributed by atoms with Gasteiger partial charge in [-0.05, 0) is 18.6 Å². The van der Waals surface area contributed by atoms with E-state index in [0.29, 0.717) is 13.0 Å². The molecule has 2 fully saturated rings. The SMILES string of the molecule is Cn1cccc(C(=O)N2CCC(N3C(=O)CSC3=O)C2)c1=O. The zero-order chi connectivity index (χ0) is 15.9. The van der Waals surface area contributed by atoms with Gasteiger partial charge in [-0.2, -0.15) is 0 Å². The summed E-state index contributed by atoms with van der Waals surface area (Å²) >= 11 is 0.991. The van der Waals surface area contributed by atoms with Crippen molar-refractivity contribution >= 4 is 28.8 Å². The predicted octanol–water partition coefficient (Wildman–Crippen LogP) is 0.295. The first kappa shape index (κ1) is 14.8. The molecular weight excluding hydrogens is 306 g/mol. The van der Waals surface area contributed by atoms with Crippen LogP contribution in [0.1, 0.15) is 16.8 Å². The summed E-state index contributed by atoms with van der Waals surface area (Å²) in [4.78, 5) is 50.7. The van der Waals surface area contributed by atoms with Crippen LogP contribution in [-0.2, 0) is 11.8 Å². The fraction of sp³-hybridized carbons (Fsp3) is 0.429. The summed E-state index contributed by atoms with van der Waals surface area (Å²) in [6, 6.07) is 2.86. The highest BCUT2D eigenvalue weighted by Gasteiger charge is 2.40. The molecule has 2 aliphatic rings. The molecule has 0 bridgehead atoms. The lowest BCUT2D eigenvalue weighted by atomic mass is 10.2. The van der Waals surface area contributed by atoms with Crippen molar-refractivity contribution < 1.29 is 14.4 Å². The van der Waals surface area contributed by atoms with E-state index in [4.69, 9.17) is 0 Å². The monoisotopic (exact) mass is 321 g/mol. The minimum atomic E-state index is -0.351. The maximum absolute atomic E-state index is 12.5. The minimum absolute atomic E-state index is 0.110. The van der Waals surface area contributed by atoms with Gasteiger partial charge in [0.1, 0.15) is 5.56 Å². The third-order valence-corrected chi connectivity index (χ3v) is 4.79. The molecule has 2 saturated heterocycles. The zero-order valence-electron chi connectivity index (χ0n) is 12.0. The van der Waals surface area contributed by atoms with E-state index in [2.05, 4.69) is 0 Å². The topological polar surface area (TPSA) is 79.7 Å². The summed E-state index contributed by atoms with van der Waals surface area (Å²) in [5.74, 6) is -0.386. The van der Waals surface area contributed by atoms with Gasteiger partial charge in [0.15, 0.2) is 0 Å². The van der Waals surface area contributed by atoms with Gasteiger partial charge in [-0.25, -0.2) is 0 Å². The Morgan fingerprint density at radius 3 is 2.77 bits per heavy atom. The predicted molar refractivity (Wildman–Crippen MR) is 80.7 cm³/mol. The Hall–Kier alpha value is -2.09. The molecule has 0 N–H and O–H groups in total. The first-order valence-electron chi connectivity index (χ1n) is 6.93. The molecule has 0 radical (unpaired) electrons. The van der Waals surface area contributed by atoms with Crippen LogP contribution in [0.4, 0.5) is 4.79 Å². The van der Waals surface area contributed by atoms with Gasteiger partial charge in [-0.1, -0.05) is 11.8 Å². The van der Waals surface area contributed by atoms with Gasteiger partial charge in [0.2, 0.25) is 5.91 Å². The number of rotatable bonds is 2. The third kappa shape index (κ3) is 2.43.